The quantitative estimate of drug-likeness (QED) is 0.883. The lowest BCUT2D eigenvalue weighted by atomic mass is 9.86. The Morgan fingerprint density at radius 2 is 1.87 bits per heavy atom. The fourth-order valence-electron chi connectivity index (χ4n) is 2.44. The predicted molar refractivity (Wildman–Crippen MR) is 87.5 cm³/mol. The van der Waals surface area contributed by atoms with Crippen LogP contribution in [0.3, 0.4) is 0 Å². The Morgan fingerprint density at radius 3 is 2.43 bits per heavy atom. The molecule has 0 aromatic heterocycles. The van der Waals surface area contributed by atoms with Crippen molar-refractivity contribution in [2.45, 2.75) is 51.3 Å². The van der Waals surface area contributed by atoms with E-state index in [1.807, 2.05) is 20.8 Å². The van der Waals surface area contributed by atoms with E-state index in [0.29, 0.717) is 11.3 Å². The van der Waals surface area contributed by atoms with Crippen LogP contribution in [0.1, 0.15) is 46.6 Å². The molecular formula is C16H22N2O4S. The third-order valence-electron chi connectivity index (χ3n) is 3.73. The summed E-state index contributed by atoms with van der Waals surface area (Å²) in [5.41, 5.74) is 0.0835. The molecule has 0 fully saturated rings. The molecule has 1 aliphatic heterocycles. The molecule has 0 atom stereocenters. The number of carbonyl (C=O) groups excluding carboxylic acids is 2. The second-order valence-corrected chi connectivity index (χ2v) is 9.24. The van der Waals surface area contributed by atoms with Crippen LogP contribution in [-0.4, -0.2) is 20.2 Å². The number of rotatable bonds is 3. The summed E-state index contributed by atoms with van der Waals surface area (Å²) >= 11 is 0. The van der Waals surface area contributed by atoms with Crippen molar-refractivity contribution < 1.29 is 18.0 Å². The summed E-state index contributed by atoms with van der Waals surface area (Å²) in [5.74, 6) is -0.731. The fraction of sp³-hybridized carbons (Fsp3) is 0.500. The van der Waals surface area contributed by atoms with Crippen LogP contribution in [0.2, 0.25) is 0 Å². The van der Waals surface area contributed by atoms with Gasteiger partial charge in [0.05, 0.1) is 10.3 Å². The number of benzene rings is 1. The SMILES string of the molecule is CC(C)(C)CC(=O)NS(=O)(=O)c1ccc2c(c1)C(C)(C)C(=O)N2. The molecule has 1 aromatic carbocycles. The molecular weight excluding hydrogens is 316 g/mol. The molecule has 0 bridgehead atoms. The molecule has 0 spiro atoms. The topological polar surface area (TPSA) is 92.3 Å². The lowest BCUT2D eigenvalue weighted by Crippen LogP contribution is -2.33. The molecule has 0 radical (unpaired) electrons. The molecule has 0 aliphatic carbocycles. The van der Waals surface area contributed by atoms with Gasteiger partial charge in [0.15, 0.2) is 0 Å². The highest BCUT2D eigenvalue weighted by molar-refractivity contribution is 7.90. The summed E-state index contributed by atoms with van der Waals surface area (Å²) in [6.45, 7) is 9.02. The van der Waals surface area contributed by atoms with Gasteiger partial charge in [-0.25, -0.2) is 13.1 Å². The maximum atomic E-state index is 12.4. The molecule has 6 nitrogen and oxygen atoms in total. The van der Waals surface area contributed by atoms with E-state index in [1.165, 1.54) is 12.1 Å². The molecule has 7 heteroatoms. The number of amides is 2. The van der Waals surface area contributed by atoms with Gasteiger partial charge in [-0.2, -0.15) is 0 Å². The molecule has 126 valence electrons. The van der Waals surface area contributed by atoms with Crippen molar-refractivity contribution >= 4 is 27.5 Å². The van der Waals surface area contributed by atoms with E-state index in [2.05, 4.69) is 10.0 Å². The Kier molecular flexibility index (Phi) is 4.05. The summed E-state index contributed by atoms with van der Waals surface area (Å²) in [4.78, 5) is 23.8. The van der Waals surface area contributed by atoms with Crippen LogP contribution in [0.15, 0.2) is 23.1 Å². The van der Waals surface area contributed by atoms with Gasteiger partial charge in [0.1, 0.15) is 0 Å². The van der Waals surface area contributed by atoms with Crippen molar-refractivity contribution in [3.8, 4) is 0 Å². The summed E-state index contributed by atoms with van der Waals surface area (Å²) < 4.78 is 26.9. The molecule has 23 heavy (non-hydrogen) atoms. The molecule has 2 amide bonds. The van der Waals surface area contributed by atoms with Crippen molar-refractivity contribution in [3.63, 3.8) is 0 Å². The molecule has 2 N–H and O–H groups in total. The van der Waals surface area contributed by atoms with Crippen LogP contribution in [0.5, 0.6) is 0 Å². The monoisotopic (exact) mass is 338 g/mol. The van der Waals surface area contributed by atoms with Crippen molar-refractivity contribution in [2.75, 3.05) is 5.32 Å². The lowest BCUT2D eigenvalue weighted by Gasteiger charge is -2.18. The Bertz CT molecular complexity index is 774. The number of sulfonamides is 1. The van der Waals surface area contributed by atoms with E-state index < -0.39 is 21.3 Å². The van der Waals surface area contributed by atoms with Crippen LogP contribution >= 0.6 is 0 Å². The maximum Gasteiger partial charge on any atom is 0.264 e. The largest absolute Gasteiger partial charge is 0.325 e. The summed E-state index contributed by atoms with van der Waals surface area (Å²) in [7, 11) is -3.96. The highest BCUT2D eigenvalue weighted by Gasteiger charge is 2.39. The Morgan fingerprint density at radius 1 is 1.26 bits per heavy atom. The molecule has 0 saturated heterocycles. The maximum absolute atomic E-state index is 12.4. The first-order valence-electron chi connectivity index (χ1n) is 7.34. The summed E-state index contributed by atoms with van der Waals surface area (Å²) in [6, 6.07) is 4.37. The highest BCUT2D eigenvalue weighted by Crippen LogP contribution is 2.38. The number of nitrogens with one attached hydrogen (secondary N) is 2. The molecule has 2 rings (SSSR count). The normalized spacial score (nSPS) is 16.7. The van der Waals surface area contributed by atoms with Crippen molar-refractivity contribution in [1.82, 2.24) is 4.72 Å². The summed E-state index contributed by atoms with van der Waals surface area (Å²) in [5, 5.41) is 2.72. The average Bonchev–Trinajstić information content (AvgIpc) is 2.56. The van der Waals surface area contributed by atoms with Crippen molar-refractivity contribution in [3.05, 3.63) is 23.8 Å². The average molecular weight is 338 g/mol. The predicted octanol–water partition coefficient (Wildman–Crippen LogP) is 2.16. The van der Waals surface area contributed by atoms with Crippen LogP contribution in [0.4, 0.5) is 5.69 Å². The first-order valence-corrected chi connectivity index (χ1v) is 8.83. The molecule has 1 heterocycles. The van der Waals surface area contributed by atoms with E-state index in [1.54, 1.807) is 19.9 Å². The molecule has 1 aliphatic rings. The van der Waals surface area contributed by atoms with Gasteiger partial charge in [-0.05, 0) is 43.0 Å². The second kappa shape index (κ2) is 5.33. The molecule has 0 saturated carbocycles. The van der Waals surface area contributed by atoms with Gasteiger partial charge in [-0.1, -0.05) is 20.8 Å². The standard InChI is InChI=1S/C16H22N2O4S/c1-15(2,3)9-13(19)18-23(21,22)10-6-7-12-11(8-10)16(4,5)14(20)17-12/h6-8H,9H2,1-5H3,(H,17,20)(H,18,19). The van der Waals surface area contributed by atoms with Gasteiger partial charge in [-0.3, -0.25) is 9.59 Å². The zero-order valence-corrected chi connectivity index (χ0v) is 14.8. The second-order valence-electron chi connectivity index (χ2n) is 7.55. The third kappa shape index (κ3) is 3.55. The van der Waals surface area contributed by atoms with Crippen LogP contribution in [0.25, 0.3) is 0 Å². The number of carbonyl (C=O) groups is 2. The summed E-state index contributed by atoms with van der Waals surface area (Å²) in [6.07, 6.45) is 0.0999. The van der Waals surface area contributed by atoms with E-state index in [9.17, 15) is 18.0 Å². The number of fused-ring (bicyclic) bond motifs is 1. The zero-order valence-electron chi connectivity index (χ0n) is 14.0. The van der Waals surface area contributed by atoms with Crippen LogP contribution in [0, 0.1) is 5.41 Å². The fourth-order valence-corrected chi connectivity index (χ4v) is 3.45. The number of hydrogen-bond donors (Lipinski definition) is 2. The van der Waals surface area contributed by atoms with Crippen LogP contribution < -0.4 is 10.0 Å². The van der Waals surface area contributed by atoms with Crippen molar-refractivity contribution in [1.29, 1.82) is 0 Å². The Labute approximate surface area is 136 Å². The van der Waals surface area contributed by atoms with E-state index >= 15 is 0 Å². The lowest BCUT2D eigenvalue weighted by molar-refractivity contribution is -0.121. The smallest absolute Gasteiger partial charge is 0.264 e. The van der Waals surface area contributed by atoms with Gasteiger partial charge < -0.3 is 5.32 Å². The molecule has 0 unspecified atom stereocenters. The number of anilines is 1. The Hall–Kier alpha value is -1.89. The first-order chi connectivity index (χ1) is 10.3. The van der Waals surface area contributed by atoms with Crippen molar-refractivity contribution in [2.24, 2.45) is 5.41 Å². The minimum atomic E-state index is -3.96. The minimum Gasteiger partial charge on any atom is -0.325 e. The molecule has 1 aromatic rings. The van der Waals surface area contributed by atoms with Gasteiger partial charge in [0.25, 0.3) is 10.0 Å². The van der Waals surface area contributed by atoms with Gasteiger partial charge >= 0.3 is 0 Å². The number of hydrogen-bond acceptors (Lipinski definition) is 4. The van der Waals surface area contributed by atoms with Gasteiger partial charge in [-0.15, -0.1) is 0 Å². The first kappa shape index (κ1) is 17.5. The van der Waals surface area contributed by atoms with E-state index in [-0.39, 0.29) is 22.6 Å². The third-order valence-corrected chi connectivity index (χ3v) is 5.10. The highest BCUT2D eigenvalue weighted by atomic mass is 32.2. The minimum absolute atomic E-state index is 0.0249. The zero-order chi connectivity index (χ0) is 17.6. The van der Waals surface area contributed by atoms with Crippen LogP contribution in [-0.2, 0) is 25.0 Å². The van der Waals surface area contributed by atoms with Gasteiger partial charge in [0.2, 0.25) is 11.8 Å². The van der Waals surface area contributed by atoms with E-state index in [0.717, 1.165) is 0 Å². The van der Waals surface area contributed by atoms with Gasteiger partial charge in [0, 0.05) is 12.1 Å². The Balaban J connectivity index is 2.31. The van der Waals surface area contributed by atoms with E-state index in [4.69, 9.17) is 0 Å².